The van der Waals surface area contributed by atoms with E-state index < -0.39 is 0 Å². The van der Waals surface area contributed by atoms with Crippen molar-refractivity contribution >= 4 is 11.9 Å². The van der Waals surface area contributed by atoms with E-state index in [1.165, 1.54) is 12.8 Å². The van der Waals surface area contributed by atoms with Crippen LogP contribution >= 0.6 is 0 Å². The van der Waals surface area contributed by atoms with Gasteiger partial charge in [0.25, 0.3) is 0 Å². The standard InChI is InChI=1S/C16H25N3O2/c1-5-21-15(20)13-9-17-16(18-12(13)4)19-14-8-6-7-10(2)11(14)3/h9-11,14H,5-8H2,1-4H3,(H,17,18,19). The van der Waals surface area contributed by atoms with Crippen LogP contribution in [0.15, 0.2) is 6.20 Å². The number of aryl methyl sites for hydroxylation is 1. The second-order valence-corrected chi connectivity index (χ2v) is 5.93. The summed E-state index contributed by atoms with van der Waals surface area (Å²) in [5.41, 5.74) is 1.09. The maximum absolute atomic E-state index is 11.7. The second-order valence-electron chi connectivity index (χ2n) is 5.93. The summed E-state index contributed by atoms with van der Waals surface area (Å²) in [4.78, 5) is 20.4. The van der Waals surface area contributed by atoms with Gasteiger partial charge in [0.1, 0.15) is 0 Å². The molecule has 1 fully saturated rings. The van der Waals surface area contributed by atoms with Crippen LogP contribution in [0.4, 0.5) is 5.95 Å². The fourth-order valence-electron chi connectivity index (χ4n) is 2.90. The molecule has 0 aromatic carbocycles. The smallest absolute Gasteiger partial charge is 0.341 e. The average molecular weight is 291 g/mol. The molecule has 1 heterocycles. The number of carbonyl (C=O) groups excluding carboxylic acids is 1. The van der Waals surface area contributed by atoms with E-state index in [1.807, 2.05) is 6.92 Å². The molecule has 2 rings (SSSR count). The van der Waals surface area contributed by atoms with Gasteiger partial charge in [-0.2, -0.15) is 0 Å². The molecule has 5 heteroatoms. The SMILES string of the molecule is CCOC(=O)c1cnc(NC2CCCC(C)C2C)nc1C. The molecule has 0 saturated heterocycles. The molecule has 0 bridgehead atoms. The summed E-state index contributed by atoms with van der Waals surface area (Å²) in [6.07, 6.45) is 5.23. The highest BCUT2D eigenvalue weighted by molar-refractivity contribution is 5.90. The number of hydrogen-bond acceptors (Lipinski definition) is 5. The third-order valence-electron chi connectivity index (χ3n) is 4.50. The molecule has 0 spiro atoms. The molecule has 1 aromatic heterocycles. The highest BCUT2D eigenvalue weighted by Gasteiger charge is 2.27. The zero-order valence-corrected chi connectivity index (χ0v) is 13.3. The van der Waals surface area contributed by atoms with Gasteiger partial charge in [-0.05, 0) is 32.1 Å². The fourth-order valence-corrected chi connectivity index (χ4v) is 2.90. The van der Waals surface area contributed by atoms with Crippen LogP contribution in [0.25, 0.3) is 0 Å². The van der Waals surface area contributed by atoms with Gasteiger partial charge in [0, 0.05) is 12.2 Å². The Kier molecular flexibility index (Phi) is 5.15. The Balaban J connectivity index is 2.08. The predicted molar refractivity (Wildman–Crippen MR) is 82.3 cm³/mol. The third kappa shape index (κ3) is 3.71. The van der Waals surface area contributed by atoms with Crippen molar-refractivity contribution in [3.63, 3.8) is 0 Å². The number of aromatic nitrogens is 2. The van der Waals surface area contributed by atoms with E-state index in [-0.39, 0.29) is 5.97 Å². The number of anilines is 1. The van der Waals surface area contributed by atoms with Crippen molar-refractivity contribution in [3.05, 3.63) is 17.5 Å². The minimum atomic E-state index is -0.360. The van der Waals surface area contributed by atoms with Crippen molar-refractivity contribution < 1.29 is 9.53 Å². The van der Waals surface area contributed by atoms with E-state index in [0.717, 1.165) is 12.3 Å². The number of hydrogen-bond donors (Lipinski definition) is 1. The number of nitrogens with one attached hydrogen (secondary N) is 1. The van der Waals surface area contributed by atoms with Crippen LogP contribution < -0.4 is 5.32 Å². The van der Waals surface area contributed by atoms with Crippen LogP contribution in [-0.4, -0.2) is 28.6 Å². The molecule has 0 amide bonds. The zero-order valence-electron chi connectivity index (χ0n) is 13.3. The van der Waals surface area contributed by atoms with Crippen molar-refractivity contribution in [3.8, 4) is 0 Å². The van der Waals surface area contributed by atoms with Gasteiger partial charge < -0.3 is 10.1 Å². The summed E-state index contributed by atoms with van der Waals surface area (Å²) in [6.45, 7) is 8.53. The Morgan fingerprint density at radius 1 is 1.43 bits per heavy atom. The maximum atomic E-state index is 11.7. The summed E-state index contributed by atoms with van der Waals surface area (Å²) in [6, 6.07) is 0.404. The maximum Gasteiger partial charge on any atom is 0.341 e. The van der Waals surface area contributed by atoms with Gasteiger partial charge >= 0.3 is 5.97 Å². The van der Waals surface area contributed by atoms with Gasteiger partial charge in [-0.15, -0.1) is 0 Å². The molecule has 3 unspecified atom stereocenters. The van der Waals surface area contributed by atoms with Crippen molar-refractivity contribution in [2.45, 2.75) is 53.0 Å². The first-order valence-electron chi connectivity index (χ1n) is 7.80. The highest BCUT2D eigenvalue weighted by Crippen LogP contribution is 2.31. The molecule has 5 nitrogen and oxygen atoms in total. The van der Waals surface area contributed by atoms with Gasteiger partial charge in [0.2, 0.25) is 5.95 Å². The first kappa shape index (κ1) is 15.7. The Labute approximate surface area is 126 Å². The lowest BCUT2D eigenvalue weighted by Gasteiger charge is -2.34. The highest BCUT2D eigenvalue weighted by atomic mass is 16.5. The first-order chi connectivity index (χ1) is 10.0. The van der Waals surface area contributed by atoms with Crippen molar-refractivity contribution in [2.75, 3.05) is 11.9 Å². The number of nitrogens with zero attached hydrogens (tertiary/aromatic N) is 2. The molecule has 1 aromatic rings. The molecular weight excluding hydrogens is 266 g/mol. The quantitative estimate of drug-likeness (QED) is 0.863. The van der Waals surface area contributed by atoms with Crippen LogP contribution in [0.5, 0.6) is 0 Å². The van der Waals surface area contributed by atoms with Crippen LogP contribution in [0.3, 0.4) is 0 Å². The Morgan fingerprint density at radius 3 is 2.86 bits per heavy atom. The van der Waals surface area contributed by atoms with Crippen molar-refractivity contribution in [1.82, 2.24) is 9.97 Å². The lowest BCUT2D eigenvalue weighted by Crippen LogP contribution is -2.35. The minimum absolute atomic E-state index is 0.357. The molecule has 0 radical (unpaired) electrons. The molecule has 1 saturated carbocycles. The van der Waals surface area contributed by atoms with E-state index in [4.69, 9.17) is 4.74 Å². The van der Waals surface area contributed by atoms with Crippen LogP contribution in [0.1, 0.15) is 56.1 Å². The molecule has 1 N–H and O–H groups in total. The van der Waals surface area contributed by atoms with Crippen LogP contribution in [-0.2, 0) is 4.74 Å². The average Bonchev–Trinajstić information content (AvgIpc) is 2.44. The second kappa shape index (κ2) is 6.87. The molecule has 1 aliphatic carbocycles. The normalized spacial score (nSPS) is 25.4. The summed E-state index contributed by atoms with van der Waals surface area (Å²) < 4.78 is 4.99. The predicted octanol–water partition coefficient (Wildman–Crippen LogP) is 3.20. The molecule has 21 heavy (non-hydrogen) atoms. The van der Waals surface area contributed by atoms with E-state index in [2.05, 4.69) is 29.1 Å². The summed E-state index contributed by atoms with van der Waals surface area (Å²) >= 11 is 0. The Hall–Kier alpha value is -1.65. The summed E-state index contributed by atoms with van der Waals surface area (Å²) in [5.74, 6) is 1.57. The van der Waals surface area contributed by atoms with Crippen LogP contribution in [0.2, 0.25) is 0 Å². The lowest BCUT2D eigenvalue weighted by atomic mass is 9.78. The minimum Gasteiger partial charge on any atom is -0.462 e. The Bertz CT molecular complexity index is 504. The van der Waals surface area contributed by atoms with E-state index >= 15 is 0 Å². The lowest BCUT2D eigenvalue weighted by molar-refractivity contribution is 0.0524. The topological polar surface area (TPSA) is 64.1 Å². The van der Waals surface area contributed by atoms with Gasteiger partial charge in [0.05, 0.1) is 17.9 Å². The van der Waals surface area contributed by atoms with Gasteiger partial charge in [-0.1, -0.05) is 26.7 Å². The van der Waals surface area contributed by atoms with Gasteiger partial charge in [0.15, 0.2) is 0 Å². The van der Waals surface area contributed by atoms with Crippen molar-refractivity contribution in [1.29, 1.82) is 0 Å². The number of rotatable bonds is 4. The van der Waals surface area contributed by atoms with E-state index in [9.17, 15) is 4.79 Å². The van der Waals surface area contributed by atoms with Gasteiger partial charge in [-0.3, -0.25) is 0 Å². The molecule has 0 aliphatic heterocycles. The number of ether oxygens (including phenoxy) is 1. The van der Waals surface area contributed by atoms with E-state index in [1.54, 1.807) is 13.1 Å². The monoisotopic (exact) mass is 291 g/mol. The fraction of sp³-hybridized carbons (Fsp3) is 0.688. The zero-order chi connectivity index (χ0) is 15.4. The Morgan fingerprint density at radius 2 is 2.19 bits per heavy atom. The van der Waals surface area contributed by atoms with Crippen LogP contribution in [0, 0.1) is 18.8 Å². The first-order valence-corrected chi connectivity index (χ1v) is 7.80. The van der Waals surface area contributed by atoms with E-state index in [0.29, 0.717) is 35.8 Å². The largest absolute Gasteiger partial charge is 0.462 e. The summed E-state index contributed by atoms with van der Waals surface area (Å²) in [7, 11) is 0. The summed E-state index contributed by atoms with van der Waals surface area (Å²) in [5, 5.41) is 3.43. The van der Waals surface area contributed by atoms with Gasteiger partial charge in [-0.25, -0.2) is 14.8 Å². The van der Waals surface area contributed by atoms with Crippen molar-refractivity contribution in [2.24, 2.45) is 11.8 Å². The number of esters is 1. The third-order valence-corrected chi connectivity index (χ3v) is 4.50. The number of carbonyl (C=O) groups is 1. The molecular formula is C16H25N3O2. The molecule has 116 valence electrons. The molecule has 3 atom stereocenters. The molecule has 1 aliphatic rings.